The highest BCUT2D eigenvalue weighted by Gasteiger charge is 2.12. The number of Topliss-reactive ketones (excluding diaryl/α,β-unsaturated/α-hetero) is 1. The molecule has 5 nitrogen and oxygen atoms in total. The van der Waals surface area contributed by atoms with Gasteiger partial charge in [0.25, 0.3) is 0 Å². The van der Waals surface area contributed by atoms with Crippen LogP contribution in [-0.2, 0) is 16.0 Å². The second kappa shape index (κ2) is 8.78. The lowest BCUT2D eigenvalue weighted by molar-refractivity contribution is -0.141. The molecule has 2 rings (SSSR count). The Bertz CT molecular complexity index is 738. The van der Waals surface area contributed by atoms with Gasteiger partial charge in [0, 0.05) is 24.1 Å². The summed E-state index contributed by atoms with van der Waals surface area (Å²) >= 11 is 0. The molecule has 0 saturated heterocycles. The number of nitrogens with one attached hydrogen (secondary N) is 1. The summed E-state index contributed by atoms with van der Waals surface area (Å²) in [6, 6.07) is 16.0. The number of amides is 1. The first-order chi connectivity index (χ1) is 12.0. The van der Waals surface area contributed by atoms with Crippen LogP contribution >= 0.6 is 0 Å². The number of carbonyl (C=O) groups is 3. The van der Waals surface area contributed by atoms with Crippen molar-refractivity contribution in [1.29, 1.82) is 0 Å². The van der Waals surface area contributed by atoms with Crippen LogP contribution in [0.4, 0.5) is 5.69 Å². The Morgan fingerprint density at radius 1 is 0.960 bits per heavy atom. The van der Waals surface area contributed by atoms with Crippen LogP contribution in [0, 0.1) is 5.92 Å². The highest BCUT2D eigenvalue weighted by atomic mass is 16.4. The number of carbonyl (C=O) groups excluding carboxylic acids is 2. The van der Waals surface area contributed by atoms with Gasteiger partial charge in [-0.1, -0.05) is 49.4 Å². The molecule has 0 spiro atoms. The zero-order chi connectivity index (χ0) is 18.2. The Balaban J connectivity index is 1.82. The van der Waals surface area contributed by atoms with Gasteiger partial charge in [-0.15, -0.1) is 0 Å². The van der Waals surface area contributed by atoms with Gasteiger partial charge >= 0.3 is 5.97 Å². The fraction of sp³-hybridized carbons (Fsp3) is 0.250. The number of carboxylic acid groups (broad SMARTS) is 1. The number of hydrogen-bond donors (Lipinski definition) is 2. The zero-order valence-electron chi connectivity index (χ0n) is 14.1. The molecule has 1 atom stereocenters. The molecule has 130 valence electrons. The molecule has 0 aliphatic rings. The van der Waals surface area contributed by atoms with Gasteiger partial charge in [0.05, 0.1) is 5.92 Å². The molecule has 0 bridgehead atoms. The average Bonchev–Trinajstić information content (AvgIpc) is 2.62. The summed E-state index contributed by atoms with van der Waals surface area (Å²) in [7, 11) is 0. The van der Waals surface area contributed by atoms with Crippen molar-refractivity contribution in [2.75, 3.05) is 5.32 Å². The van der Waals surface area contributed by atoms with Crippen molar-refractivity contribution >= 4 is 23.3 Å². The Hall–Kier alpha value is -2.95. The summed E-state index contributed by atoms with van der Waals surface area (Å²) in [6.45, 7) is 1.65. The summed E-state index contributed by atoms with van der Waals surface area (Å²) < 4.78 is 0. The van der Waals surface area contributed by atoms with Crippen LogP contribution in [0.2, 0.25) is 0 Å². The topological polar surface area (TPSA) is 83.5 Å². The first kappa shape index (κ1) is 18.4. The standard InChI is InChI=1S/C20H21NO4/c1-14(20(24)25)13-15-7-9-17(10-8-15)21-19(23)12-11-18(22)16-5-3-2-4-6-16/h2-10,14H,11-13H2,1H3,(H,21,23)(H,24,25). The average molecular weight is 339 g/mol. The maximum Gasteiger partial charge on any atom is 0.306 e. The van der Waals surface area contributed by atoms with E-state index in [0.29, 0.717) is 17.7 Å². The van der Waals surface area contributed by atoms with Gasteiger partial charge in [-0.05, 0) is 24.1 Å². The molecule has 1 unspecified atom stereocenters. The Labute approximate surface area is 146 Å². The van der Waals surface area contributed by atoms with Crippen molar-refractivity contribution in [2.24, 2.45) is 5.92 Å². The van der Waals surface area contributed by atoms with Crippen molar-refractivity contribution in [1.82, 2.24) is 0 Å². The van der Waals surface area contributed by atoms with Gasteiger partial charge in [-0.3, -0.25) is 14.4 Å². The predicted octanol–water partition coefficient (Wildman–Crippen LogP) is 3.55. The van der Waals surface area contributed by atoms with Gasteiger partial charge in [0.15, 0.2) is 5.78 Å². The third kappa shape index (κ3) is 5.88. The maximum atomic E-state index is 12.0. The van der Waals surface area contributed by atoms with Crippen LogP contribution in [0.25, 0.3) is 0 Å². The molecule has 0 aliphatic carbocycles. The number of carboxylic acids is 1. The zero-order valence-corrected chi connectivity index (χ0v) is 14.1. The molecule has 25 heavy (non-hydrogen) atoms. The third-order valence-electron chi connectivity index (χ3n) is 3.88. The van der Waals surface area contributed by atoms with Crippen LogP contribution in [0.15, 0.2) is 54.6 Å². The van der Waals surface area contributed by atoms with E-state index in [1.54, 1.807) is 55.5 Å². The first-order valence-electron chi connectivity index (χ1n) is 8.15. The fourth-order valence-electron chi connectivity index (χ4n) is 2.38. The van der Waals surface area contributed by atoms with Crippen LogP contribution in [-0.4, -0.2) is 22.8 Å². The van der Waals surface area contributed by atoms with Crippen molar-refractivity contribution < 1.29 is 19.5 Å². The minimum Gasteiger partial charge on any atom is -0.481 e. The van der Waals surface area contributed by atoms with Crippen molar-refractivity contribution in [3.63, 3.8) is 0 Å². The highest BCUT2D eigenvalue weighted by Crippen LogP contribution is 2.14. The molecule has 2 N–H and O–H groups in total. The first-order valence-corrected chi connectivity index (χ1v) is 8.15. The van der Waals surface area contributed by atoms with Gasteiger partial charge < -0.3 is 10.4 Å². The number of rotatable bonds is 8. The third-order valence-corrected chi connectivity index (χ3v) is 3.88. The molecule has 5 heteroatoms. The molecular formula is C20H21NO4. The van der Waals surface area contributed by atoms with E-state index in [1.807, 2.05) is 6.07 Å². The number of ketones is 1. The Morgan fingerprint density at radius 3 is 2.20 bits per heavy atom. The van der Waals surface area contributed by atoms with E-state index in [1.165, 1.54) is 0 Å². The SMILES string of the molecule is CC(Cc1ccc(NC(=O)CCC(=O)c2ccccc2)cc1)C(=O)O. The van der Waals surface area contributed by atoms with E-state index in [4.69, 9.17) is 5.11 Å². The molecule has 0 heterocycles. The Kier molecular flexibility index (Phi) is 6.46. The molecule has 0 aliphatic heterocycles. The lowest BCUT2D eigenvalue weighted by atomic mass is 10.0. The van der Waals surface area contributed by atoms with Crippen molar-refractivity contribution in [2.45, 2.75) is 26.2 Å². The fourth-order valence-corrected chi connectivity index (χ4v) is 2.38. The summed E-state index contributed by atoms with van der Waals surface area (Å²) in [5, 5.41) is 11.7. The summed E-state index contributed by atoms with van der Waals surface area (Å²) in [4.78, 5) is 34.8. The van der Waals surface area contributed by atoms with E-state index < -0.39 is 11.9 Å². The van der Waals surface area contributed by atoms with E-state index >= 15 is 0 Å². The maximum absolute atomic E-state index is 12.0. The second-order valence-corrected chi connectivity index (χ2v) is 5.98. The smallest absolute Gasteiger partial charge is 0.306 e. The number of hydrogen-bond acceptors (Lipinski definition) is 3. The summed E-state index contributed by atoms with van der Waals surface area (Å²) in [6.07, 6.45) is 0.713. The molecule has 2 aromatic rings. The lowest BCUT2D eigenvalue weighted by Gasteiger charge is -2.08. The predicted molar refractivity (Wildman–Crippen MR) is 95.6 cm³/mol. The quantitative estimate of drug-likeness (QED) is 0.720. The molecule has 0 saturated carbocycles. The van der Waals surface area contributed by atoms with E-state index in [9.17, 15) is 14.4 Å². The molecule has 2 aromatic carbocycles. The van der Waals surface area contributed by atoms with E-state index in [2.05, 4.69) is 5.32 Å². The van der Waals surface area contributed by atoms with Gasteiger partial charge in [-0.2, -0.15) is 0 Å². The minimum absolute atomic E-state index is 0.0613. The highest BCUT2D eigenvalue weighted by molar-refractivity contribution is 5.99. The Morgan fingerprint density at radius 2 is 1.60 bits per heavy atom. The van der Waals surface area contributed by atoms with Crippen LogP contribution in [0.5, 0.6) is 0 Å². The monoisotopic (exact) mass is 339 g/mol. The minimum atomic E-state index is -0.833. The normalized spacial score (nSPS) is 11.6. The van der Waals surface area contributed by atoms with Crippen LogP contribution < -0.4 is 5.32 Å². The molecule has 0 fully saturated rings. The van der Waals surface area contributed by atoms with Crippen LogP contribution in [0.1, 0.15) is 35.7 Å². The number of benzene rings is 2. The van der Waals surface area contributed by atoms with E-state index in [0.717, 1.165) is 5.56 Å². The largest absolute Gasteiger partial charge is 0.481 e. The van der Waals surface area contributed by atoms with Crippen molar-refractivity contribution in [3.05, 3.63) is 65.7 Å². The summed E-state index contributed by atoms with van der Waals surface area (Å²) in [5.41, 5.74) is 2.13. The number of aliphatic carboxylic acids is 1. The molecule has 0 radical (unpaired) electrons. The van der Waals surface area contributed by atoms with Crippen molar-refractivity contribution in [3.8, 4) is 0 Å². The molecule has 0 aromatic heterocycles. The van der Waals surface area contributed by atoms with Gasteiger partial charge in [0.2, 0.25) is 5.91 Å². The van der Waals surface area contributed by atoms with E-state index in [-0.39, 0.29) is 24.5 Å². The van der Waals surface area contributed by atoms with Gasteiger partial charge in [-0.25, -0.2) is 0 Å². The van der Waals surface area contributed by atoms with Crippen LogP contribution in [0.3, 0.4) is 0 Å². The molecular weight excluding hydrogens is 318 g/mol. The summed E-state index contributed by atoms with van der Waals surface area (Å²) in [5.74, 6) is -1.57. The molecule has 1 amide bonds. The number of anilines is 1. The van der Waals surface area contributed by atoms with Gasteiger partial charge in [0.1, 0.15) is 0 Å². The second-order valence-electron chi connectivity index (χ2n) is 5.98. The lowest BCUT2D eigenvalue weighted by Crippen LogP contribution is -2.14.